The maximum absolute atomic E-state index is 13.6. The van der Waals surface area contributed by atoms with Crippen LogP contribution in [0.2, 0.25) is 0 Å². The van der Waals surface area contributed by atoms with Gasteiger partial charge in [-0.25, -0.2) is 8.42 Å². The lowest BCUT2D eigenvalue weighted by Gasteiger charge is -2.32. The number of nitrogens with zero attached hydrogens (tertiary/aromatic N) is 2. The molecule has 2 aromatic carbocycles. The Labute approximate surface area is 228 Å². The molecule has 2 aromatic rings. The summed E-state index contributed by atoms with van der Waals surface area (Å²) in [5.41, 5.74) is 3.79. The fourth-order valence-electron chi connectivity index (χ4n) is 5.16. The minimum atomic E-state index is -3.51. The second-order valence-electron chi connectivity index (χ2n) is 10.3. The maximum Gasteiger partial charge on any atom is 0.243 e. The van der Waals surface area contributed by atoms with Gasteiger partial charge in [0.15, 0.2) is 0 Å². The highest BCUT2D eigenvalue weighted by Gasteiger charge is 2.31. The number of hydrogen-bond donors (Lipinski definition) is 1. The molecule has 208 valence electrons. The van der Waals surface area contributed by atoms with Crippen LogP contribution in [-0.4, -0.2) is 50.0 Å². The molecule has 2 amide bonds. The third kappa shape index (κ3) is 8.06. The average molecular weight is 542 g/mol. The summed E-state index contributed by atoms with van der Waals surface area (Å²) in [7, 11) is -3.51. The molecule has 0 saturated heterocycles. The van der Waals surface area contributed by atoms with Crippen LogP contribution in [0.3, 0.4) is 0 Å². The Bertz CT molecular complexity index is 1170. The molecule has 0 aromatic heterocycles. The maximum atomic E-state index is 13.6. The minimum Gasteiger partial charge on any atom is -0.352 e. The largest absolute Gasteiger partial charge is 0.352 e. The van der Waals surface area contributed by atoms with Crippen LogP contribution in [0.25, 0.3) is 0 Å². The van der Waals surface area contributed by atoms with Crippen molar-refractivity contribution in [2.24, 2.45) is 0 Å². The monoisotopic (exact) mass is 541 g/mol. The topological polar surface area (TPSA) is 86.8 Å². The van der Waals surface area contributed by atoms with Gasteiger partial charge in [-0.1, -0.05) is 63.1 Å². The minimum absolute atomic E-state index is 0.102. The number of carbonyl (C=O) groups is 2. The number of hydrogen-bond acceptors (Lipinski definition) is 4. The Morgan fingerprint density at radius 3 is 2.26 bits per heavy atom. The van der Waals surface area contributed by atoms with Crippen molar-refractivity contribution in [1.82, 2.24) is 10.2 Å². The number of benzene rings is 2. The van der Waals surface area contributed by atoms with Gasteiger partial charge in [0.05, 0.1) is 11.9 Å². The number of amides is 2. The van der Waals surface area contributed by atoms with Crippen LogP contribution in [0.4, 0.5) is 5.69 Å². The van der Waals surface area contributed by atoms with Gasteiger partial charge in [-0.3, -0.25) is 13.9 Å². The van der Waals surface area contributed by atoms with Gasteiger partial charge >= 0.3 is 0 Å². The van der Waals surface area contributed by atoms with Crippen LogP contribution in [0.1, 0.15) is 75.5 Å². The predicted octanol–water partition coefficient (Wildman–Crippen LogP) is 4.97. The third-order valence-corrected chi connectivity index (χ3v) is 8.67. The van der Waals surface area contributed by atoms with Gasteiger partial charge in [0.2, 0.25) is 21.8 Å². The molecule has 1 N–H and O–H groups in total. The summed E-state index contributed by atoms with van der Waals surface area (Å²) in [6.07, 6.45) is 7.27. The first-order chi connectivity index (χ1) is 18.1. The Morgan fingerprint density at radius 2 is 1.68 bits per heavy atom. The SMILES string of the molecule is CCc1ccc(N(CCCC(=O)N(Cc2ccccc2C)[C@H](CC)C(=O)NC2CCCC2)S(C)(=O)=O)cc1. The second-order valence-corrected chi connectivity index (χ2v) is 12.2. The number of aryl methyl sites for hydroxylation is 2. The Hall–Kier alpha value is -2.87. The molecule has 0 radical (unpaired) electrons. The van der Waals surface area contributed by atoms with Gasteiger partial charge in [0.25, 0.3) is 0 Å². The molecular formula is C30H43N3O4S. The zero-order chi connectivity index (χ0) is 27.7. The summed E-state index contributed by atoms with van der Waals surface area (Å²) in [6, 6.07) is 15.0. The number of sulfonamides is 1. The molecule has 0 bridgehead atoms. The van der Waals surface area contributed by atoms with E-state index in [0.717, 1.165) is 48.8 Å². The van der Waals surface area contributed by atoms with E-state index in [0.29, 0.717) is 25.1 Å². The molecule has 0 unspecified atom stereocenters. The third-order valence-electron chi connectivity index (χ3n) is 7.47. The van der Waals surface area contributed by atoms with Crippen LogP contribution in [0.15, 0.2) is 48.5 Å². The fraction of sp³-hybridized carbons (Fsp3) is 0.533. The number of nitrogens with one attached hydrogen (secondary N) is 1. The Kier molecular flexibility index (Phi) is 10.8. The van der Waals surface area contributed by atoms with E-state index in [4.69, 9.17) is 0 Å². The van der Waals surface area contributed by atoms with Gasteiger partial charge in [0.1, 0.15) is 6.04 Å². The van der Waals surface area contributed by atoms with Crippen molar-refractivity contribution in [3.8, 4) is 0 Å². The summed E-state index contributed by atoms with van der Waals surface area (Å²) in [6.45, 7) is 6.53. The first kappa shape index (κ1) is 29.7. The van der Waals surface area contributed by atoms with E-state index in [1.807, 2.05) is 62.4 Å². The highest BCUT2D eigenvalue weighted by molar-refractivity contribution is 7.92. The lowest BCUT2D eigenvalue weighted by atomic mass is 10.0. The van der Waals surface area contributed by atoms with E-state index in [2.05, 4.69) is 12.2 Å². The molecule has 7 nitrogen and oxygen atoms in total. The smallest absolute Gasteiger partial charge is 0.243 e. The standard InChI is InChI=1S/C30H43N3O4S/c1-5-24-17-19-27(20-18-24)33(38(4,36)37)21-11-16-29(34)32(22-25-13-8-7-12-23(25)3)28(6-2)30(35)31-26-14-9-10-15-26/h7-8,12-13,17-20,26,28H,5-6,9-11,14-16,21-22H2,1-4H3,(H,31,35)/t28-/m1/s1. The van der Waals surface area contributed by atoms with E-state index < -0.39 is 16.1 Å². The molecule has 3 rings (SSSR count). The van der Waals surface area contributed by atoms with Crippen LogP contribution >= 0.6 is 0 Å². The molecule has 0 aliphatic heterocycles. The van der Waals surface area contributed by atoms with Crippen molar-refractivity contribution in [3.63, 3.8) is 0 Å². The van der Waals surface area contributed by atoms with Crippen molar-refractivity contribution in [2.75, 3.05) is 17.1 Å². The summed E-state index contributed by atoms with van der Waals surface area (Å²) < 4.78 is 26.5. The van der Waals surface area contributed by atoms with Crippen molar-refractivity contribution in [2.45, 2.75) is 90.8 Å². The molecule has 1 fully saturated rings. The summed E-state index contributed by atoms with van der Waals surface area (Å²) in [4.78, 5) is 28.6. The van der Waals surface area contributed by atoms with Gasteiger partial charge in [-0.05, 0) is 67.9 Å². The van der Waals surface area contributed by atoms with E-state index in [-0.39, 0.29) is 30.8 Å². The average Bonchev–Trinajstić information content (AvgIpc) is 3.40. The predicted molar refractivity (Wildman–Crippen MR) is 153 cm³/mol. The molecule has 1 aliphatic rings. The zero-order valence-corrected chi connectivity index (χ0v) is 24.1. The van der Waals surface area contributed by atoms with Crippen molar-refractivity contribution >= 4 is 27.5 Å². The molecule has 0 heterocycles. The first-order valence-corrected chi connectivity index (χ1v) is 15.7. The molecule has 8 heteroatoms. The van der Waals surface area contributed by atoms with Crippen molar-refractivity contribution in [1.29, 1.82) is 0 Å². The lowest BCUT2D eigenvalue weighted by molar-refractivity contribution is -0.141. The lowest BCUT2D eigenvalue weighted by Crippen LogP contribution is -2.51. The molecule has 38 heavy (non-hydrogen) atoms. The van der Waals surface area contributed by atoms with E-state index in [9.17, 15) is 18.0 Å². The molecule has 1 aliphatic carbocycles. The quantitative estimate of drug-likeness (QED) is 0.388. The van der Waals surface area contributed by atoms with E-state index >= 15 is 0 Å². The van der Waals surface area contributed by atoms with Gasteiger partial charge in [-0.15, -0.1) is 0 Å². The highest BCUT2D eigenvalue weighted by atomic mass is 32.2. The Balaban J connectivity index is 1.75. The first-order valence-electron chi connectivity index (χ1n) is 13.8. The van der Waals surface area contributed by atoms with Gasteiger partial charge in [0, 0.05) is 25.6 Å². The van der Waals surface area contributed by atoms with Crippen LogP contribution in [-0.2, 0) is 32.6 Å². The molecule has 1 atom stereocenters. The fourth-order valence-corrected chi connectivity index (χ4v) is 6.13. The van der Waals surface area contributed by atoms with Crippen LogP contribution in [0, 0.1) is 6.92 Å². The van der Waals surface area contributed by atoms with E-state index in [1.54, 1.807) is 4.90 Å². The van der Waals surface area contributed by atoms with E-state index in [1.165, 1.54) is 10.6 Å². The summed E-state index contributed by atoms with van der Waals surface area (Å²) in [5.74, 6) is -0.244. The molecule has 0 spiro atoms. The summed E-state index contributed by atoms with van der Waals surface area (Å²) >= 11 is 0. The normalized spacial score (nSPS) is 14.7. The van der Waals surface area contributed by atoms with Gasteiger partial charge < -0.3 is 10.2 Å². The van der Waals surface area contributed by atoms with Crippen molar-refractivity contribution < 1.29 is 18.0 Å². The van der Waals surface area contributed by atoms with Crippen LogP contribution in [0.5, 0.6) is 0 Å². The number of carbonyl (C=O) groups excluding carboxylic acids is 2. The van der Waals surface area contributed by atoms with Crippen LogP contribution < -0.4 is 9.62 Å². The Morgan fingerprint density at radius 1 is 1.03 bits per heavy atom. The van der Waals surface area contributed by atoms with Gasteiger partial charge in [-0.2, -0.15) is 0 Å². The zero-order valence-electron chi connectivity index (χ0n) is 23.3. The highest BCUT2D eigenvalue weighted by Crippen LogP contribution is 2.22. The second kappa shape index (κ2) is 13.8. The molecular weight excluding hydrogens is 498 g/mol. The molecule has 1 saturated carbocycles. The number of rotatable bonds is 13. The van der Waals surface area contributed by atoms with Crippen molar-refractivity contribution in [3.05, 3.63) is 65.2 Å². The summed E-state index contributed by atoms with van der Waals surface area (Å²) in [5, 5.41) is 3.17. The number of anilines is 1.